The molecular weight excluding hydrogens is 284 g/mol. The van der Waals surface area contributed by atoms with Crippen molar-refractivity contribution in [1.82, 2.24) is 9.29 Å². The zero-order chi connectivity index (χ0) is 13.5. The Balaban J connectivity index is 1.93. The van der Waals surface area contributed by atoms with Crippen LogP contribution in [0, 0.1) is 0 Å². The maximum absolute atomic E-state index is 12.8. The lowest BCUT2D eigenvalue weighted by Crippen LogP contribution is -2.40. The van der Waals surface area contributed by atoms with Gasteiger partial charge in [-0.25, -0.2) is 13.4 Å². The van der Waals surface area contributed by atoms with Gasteiger partial charge >= 0.3 is 0 Å². The molecule has 6 heteroatoms. The van der Waals surface area contributed by atoms with Gasteiger partial charge in [-0.05, 0) is 37.8 Å². The van der Waals surface area contributed by atoms with E-state index in [0.29, 0.717) is 5.15 Å². The fourth-order valence-electron chi connectivity index (χ4n) is 2.81. The van der Waals surface area contributed by atoms with E-state index in [-0.39, 0.29) is 17.0 Å². The van der Waals surface area contributed by atoms with Crippen LogP contribution < -0.4 is 0 Å². The summed E-state index contributed by atoms with van der Waals surface area (Å²) in [4.78, 5) is 4.15. The SMILES string of the molecule is O=S(=O)(c1ccc(Cl)nc1)N(C1CCCC1)C1CC1. The summed E-state index contributed by atoms with van der Waals surface area (Å²) >= 11 is 5.72. The van der Waals surface area contributed by atoms with Crippen molar-refractivity contribution in [3.05, 3.63) is 23.5 Å². The molecule has 0 unspecified atom stereocenters. The zero-order valence-corrected chi connectivity index (χ0v) is 12.2. The molecule has 19 heavy (non-hydrogen) atoms. The standard InChI is InChI=1S/C13H17ClN2O2S/c14-13-8-7-12(9-15-13)19(17,18)16(11-5-6-11)10-3-1-2-4-10/h7-11H,1-6H2. The molecule has 0 aliphatic heterocycles. The van der Waals surface area contributed by atoms with E-state index in [0.717, 1.165) is 38.5 Å². The molecule has 2 saturated carbocycles. The van der Waals surface area contributed by atoms with Gasteiger partial charge < -0.3 is 0 Å². The second-order valence-electron chi connectivity index (χ2n) is 5.32. The fourth-order valence-corrected chi connectivity index (χ4v) is 4.80. The molecule has 2 aliphatic carbocycles. The van der Waals surface area contributed by atoms with Crippen LogP contribution in [0.5, 0.6) is 0 Å². The van der Waals surface area contributed by atoms with Crippen LogP contribution in [-0.4, -0.2) is 29.8 Å². The molecule has 2 fully saturated rings. The molecule has 104 valence electrons. The summed E-state index contributed by atoms with van der Waals surface area (Å²) in [7, 11) is -3.43. The van der Waals surface area contributed by atoms with Gasteiger partial charge in [-0.3, -0.25) is 0 Å². The highest BCUT2D eigenvalue weighted by molar-refractivity contribution is 7.89. The minimum absolute atomic E-state index is 0.174. The number of hydrogen-bond acceptors (Lipinski definition) is 3. The molecule has 3 rings (SSSR count). The molecule has 0 atom stereocenters. The third-order valence-electron chi connectivity index (χ3n) is 3.87. The lowest BCUT2D eigenvalue weighted by Gasteiger charge is -2.27. The van der Waals surface area contributed by atoms with E-state index < -0.39 is 10.0 Å². The normalized spacial score (nSPS) is 21.2. The van der Waals surface area contributed by atoms with E-state index in [2.05, 4.69) is 4.98 Å². The van der Waals surface area contributed by atoms with Crippen molar-refractivity contribution in [1.29, 1.82) is 0 Å². The van der Waals surface area contributed by atoms with Crippen molar-refractivity contribution in [2.45, 2.75) is 55.5 Å². The Morgan fingerprint density at radius 2 is 1.74 bits per heavy atom. The zero-order valence-electron chi connectivity index (χ0n) is 10.6. The average molecular weight is 301 g/mol. The third kappa shape index (κ3) is 2.64. The summed E-state index contributed by atoms with van der Waals surface area (Å²) in [5.41, 5.74) is 0. The fraction of sp³-hybridized carbons (Fsp3) is 0.615. The van der Waals surface area contributed by atoms with Crippen LogP contribution >= 0.6 is 11.6 Å². The minimum Gasteiger partial charge on any atom is -0.243 e. The first-order valence-corrected chi connectivity index (χ1v) is 8.56. The first-order chi connectivity index (χ1) is 9.09. The molecule has 2 aliphatic rings. The van der Waals surface area contributed by atoms with E-state index in [4.69, 9.17) is 11.6 Å². The van der Waals surface area contributed by atoms with Crippen LogP contribution in [0.25, 0.3) is 0 Å². The quantitative estimate of drug-likeness (QED) is 0.803. The first-order valence-electron chi connectivity index (χ1n) is 6.74. The Hall–Kier alpha value is -0.650. The predicted octanol–water partition coefficient (Wildman–Crippen LogP) is 2.83. The molecule has 0 amide bonds. The second-order valence-corrected chi connectivity index (χ2v) is 7.55. The highest BCUT2D eigenvalue weighted by atomic mass is 35.5. The van der Waals surface area contributed by atoms with Gasteiger partial charge in [0.2, 0.25) is 10.0 Å². The van der Waals surface area contributed by atoms with Crippen molar-refractivity contribution in [3.63, 3.8) is 0 Å². The molecule has 0 radical (unpaired) electrons. The molecule has 1 heterocycles. The number of hydrogen-bond donors (Lipinski definition) is 0. The van der Waals surface area contributed by atoms with Crippen LogP contribution in [-0.2, 0) is 10.0 Å². The van der Waals surface area contributed by atoms with Crippen molar-refractivity contribution < 1.29 is 8.42 Å². The second kappa shape index (κ2) is 5.04. The summed E-state index contributed by atoms with van der Waals surface area (Å²) in [5, 5.41) is 0.317. The van der Waals surface area contributed by atoms with E-state index in [9.17, 15) is 8.42 Å². The van der Waals surface area contributed by atoms with Crippen LogP contribution in [0.3, 0.4) is 0 Å². The smallest absolute Gasteiger partial charge is 0.243 e. The van der Waals surface area contributed by atoms with Crippen molar-refractivity contribution >= 4 is 21.6 Å². The molecular formula is C13H17ClN2O2S. The number of halogens is 1. The summed E-state index contributed by atoms with van der Waals surface area (Å²) < 4.78 is 27.3. The van der Waals surface area contributed by atoms with Gasteiger partial charge in [-0.1, -0.05) is 24.4 Å². The van der Waals surface area contributed by atoms with Crippen LogP contribution in [0.15, 0.2) is 23.2 Å². The third-order valence-corrected chi connectivity index (χ3v) is 6.08. The van der Waals surface area contributed by atoms with Gasteiger partial charge in [0.05, 0.1) is 0 Å². The molecule has 1 aromatic rings. The largest absolute Gasteiger partial charge is 0.245 e. The van der Waals surface area contributed by atoms with Crippen molar-refractivity contribution in [2.75, 3.05) is 0 Å². The number of sulfonamides is 1. The van der Waals surface area contributed by atoms with Gasteiger partial charge in [0.15, 0.2) is 0 Å². The Kier molecular flexibility index (Phi) is 3.53. The Morgan fingerprint density at radius 1 is 1.11 bits per heavy atom. The number of rotatable bonds is 4. The van der Waals surface area contributed by atoms with Gasteiger partial charge in [0.25, 0.3) is 0 Å². The van der Waals surface area contributed by atoms with Crippen LogP contribution in [0.1, 0.15) is 38.5 Å². The van der Waals surface area contributed by atoms with Crippen LogP contribution in [0.4, 0.5) is 0 Å². The molecule has 4 nitrogen and oxygen atoms in total. The van der Waals surface area contributed by atoms with Gasteiger partial charge in [-0.15, -0.1) is 0 Å². The van der Waals surface area contributed by atoms with E-state index in [1.165, 1.54) is 12.3 Å². The summed E-state index contributed by atoms with van der Waals surface area (Å²) in [6, 6.07) is 3.46. The van der Waals surface area contributed by atoms with Crippen molar-refractivity contribution in [3.8, 4) is 0 Å². The molecule has 0 spiro atoms. The number of aromatic nitrogens is 1. The lowest BCUT2D eigenvalue weighted by molar-refractivity contribution is 0.314. The summed E-state index contributed by atoms with van der Waals surface area (Å²) in [5.74, 6) is 0. The first kappa shape index (κ1) is 13.3. The molecule has 0 saturated heterocycles. The van der Waals surface area contributed by atoms with Crippen LogP contribution in [0.2, 0.25) is 5.15 Å². The summed E-state index contributed by atoms with van der Waals surface area (Å²) in [6.07, 6.45) is 7.55. The number of pyridine rings is 1. The highest BCUT2D eigenvalue weighted by Crippen LogP contribution is 2.38. The maximum atomic E-state index is 12.8. The Bertz CT molecular complexity index is 549. The minimum atomic E-state index is -3.43. The monoisotopic (exact) mass is 300 g/mol. The Morgan fingerprint density at radius 3 is 2.26 bits per heavy atom. The topological polar surface area (TPSA) is 50.3 Å². The Labute approximate surface area is 118 Å². The van der Waals surface area contributed by atoms with Gasteiger partial charge in [0, 0.05) is 18.3 Å². The van der Waals surface area contributed by atoms with E-state index >= 15 is 0 Å². The predicted molar refractivity (Wildman–Crippen MR) is 73.5 cm³/mol. The highest BCUT2D eigenvalue weighted by Gasteiger charge is 2.43. The molecule has 0 N–H and O–H groups in total. The molecule has 0 aromatic carbocycles. The van der Waals surface area contributed by atoms with Crippen molar-refractivity contribution in [2.24, 2.45) is 0 Å². The maximum Gasteiger partial charge on any atom is 0.245 e. The van der Waals surface area contributed by atoms with Gasteiger partial charge in [-0.2, -0.15) is 4.31 Å². The number of nitrogens with zero attached hydrogens (tertiary/aromatic N) is 2. The lowest BCUT2D eigenvalue weighted by atomic mass is 10.2. The van der Waals surface area contributed by atoms with Gasteiger partial charge in [0.1, 0.15) is 10.0 Å². The average Bonchev–Trinajstić information content (AvgIpc) is 3.04. The molecule has 0 bridgehead atoms. The van der Waals surface area contributed by atoms with E-state index in [1.807, 2.05) is 0 Å². The van der Waals surface area contributed by atoms with E-state index in [1.54, 1.807) is 10.4 Å². The molecule has 1 aromatic heterocycles. The summed E-state index contributed by atoms with van der Waals surface area (Å²) in [6.45, 7) is 0.